The fraction of sp³-hybridized carbons (Fsp3) is 0.538. The van der Waals surface area contributed by atoms with Gasteiger partial charge in [-0.1, -0.05) is 0 Å². The Morgan fingerprint density at radius 1 is 1.67 bits per heavy atom. The molecule has 2 N–H and O–H groups in total. The molecule has 1 aromatic rings. The van der Waals surface area contributed by atoms with Gasteiger partial charge in [0.1, 0.15) is 5.69 Å². The van der Waals surface area contributed by atoms with Crippen LogP contribution in [-0.2, 0) is 0 Å². The normalized spacial score (nSPS) is 19.0. The number of rotatable bonds is 4. The molecule has 18 heavy (non-hydrogen) atoms. The summed E-state index contributed by atoms with van der Waals surface area (Å²) in [5.74, 6) is -0.0914. The zero-order chi connectivity index (χ0) is 13.0. The van der Waals surface area contributed by atoms with E-state index in [0.717, 1.165) is 25.1 Å². The number of carbonyl (C=O) groups excluding carboxylic acids is 1. The van der Waals surface area contributed by atoms with Crippen molar-refractivity contribution >= 4 is 11.6 Å². The molecule has 5 nitrogen and oxygen atoms in total. The lowest BCUT2D eigenvalue weighted by atomic mass is 10.2. The highest BCUT2D eigenvalue weighted by Crippen LogP contribution is 2.20. The fourth-order valence-corrected chi connectivity index (χ4v) is 2.30. The highest BCUT2D eigenvalue weighted by Gasteiger charge is 2.29. The van der Waals surface area contributed by atoms with E-state index in [-0.39, 0.29) is 18.6 Å². The number of pyridine rings is 1. The predicted octanol–water partition coefficient (Wildman–Crippen LogP) is 1.11. The molecule has 1 aromatic heterocycles. The van der Waals surface area contributed by atoms with Gasteiger partial charge in [-0.25, -0.2) is 0 Å². The monoisotopic (exact) mass is 249 g/mol. The molecule has 5 heteroatoms. The fourth-order valence-electron chi connectivity index (χ4n) is 2.30. The van der Waals surface area contributed by atoms with Crippen LogP contribution < -0.4 is 5.32 Å². The Morgan fingerprint density at radius 2 is 2.50 bits per heavy atom. The first kappa shape index (κ1) is 12.8. The van der Waals surface area contributed by atoms with Crippen molar-refractivity contribution in [3.8, 4) is 0 Å². The topological polar surface area (TPSA) is 65.5 Å². The maximum atomic E-state index is 12.3. The minimum absolute atomic E-state index is 0.0264. The number of aliphatic hydroxyl groups excluding tert-OH is 1. The van der Waals surface area contributed by atoms with Crippen LogP contribution in [0.2, 0.25) is 0 Å². The van der Waals surface area contributed by atoms with Crippen molar-refractivity contribution < 1.29 is 9.90 Å². The lowest BCUT2D eigenvalue weighted by Crippen LogP contribution is -2.38. The Kier molecular flexibility index (Phi) is 4.15. The zero-order valence-corrected chi connectivity index (χ0v) is 10.6. The summed E-state index contributed by atoms with van der Waals surface area (Å²) in [5.41, 5.74) is 1.34. The minimum Gasteiger partial charge on any atom is -0.394 e. The highest BCUT2D eigenvalue weighted by atomic mass is 16.3. The maximum Gasteiger partial charge on any atom is 0.272 e. The third-order valence-corrected chi connectivity index (χ3v) is 3.21. The van der Waals surface area contributed by atoms with Gasteiger partial charge in [-0.2, -0.15) is 0 Å². The molecule has 1 aliphatic rings. The molecular weight excluding hydrogens is 230 g/mol. The van der Waals surface area contributed by atoms with Crippen LogP contribution in [0.4, 0.5) is 5.69 Å². The summed E-state index contributed by atoms with van der Waals surface area (Å²) >= 11 is 0. The molecule has 0 spiro atoms. The number of aromatic nitrogens is 1. The van der Waals surface area contributed by atoms with Crippen molar-refractivity contribution in [3.05, 3.63) is 24.0 Å². The average Bonchev–Trinajstić information content (AvgIpc) is 2.87. The van der Waals surface area contributed by atoms with Gasteiger partial charge in [-0.05, 0) is 31.9 Å². The molecule has 2 rings (SSSR count). The summed E-state index contributed by atoms with van der Waals surface area (Å²) in [6, 6.07) is 3.55. The van der Waals surface area contributed by atoms with Gasteiger partial charge in [0.2, 0.25) is 0 Å². The van der Waals surface area contributed by atoms with Crippen molar-refractivity contribution in [1.29, 1.82) is 0 Å². The summed E-state index contributed by atoms with van der Waals surface area (Å²) < 4.78 is 0. The molecule has 98 valence electrons. The van der Waals surface area contributed by atoms with Crippen molar-refractivity contribution in [2.45, 2.75) is 25.8 Å². The first-order valence-electron chi connectivity index (χ1n) is 6.38. The smallest absolute Gasteiger partial charge is 0.272 e. The number of likely N-dealkylation sites (tertiary alicyclic amines) is 1. The van der Waals surface area contributed by atoms with Gasteiger partial charge in [0.15, 0.2) is 0 Å². The summed E-state index contributed by atoms with van der Waals surface area (Å²) in [6.07, 6.45) is 3.45. The van der Waals surface area contributed by atoms with Crippen LogP contribution in [0, 0.1) is 0 Å². The van der Waals surface area contributed by atoms with E-state index >= 15 is 0 Å². The van der Waals surface area contributed by atoms with Crippen LogP contribution in [-0.4, -0.2) is 46.6 Å². The standard InChI is InChI=1S/C13H19N3O2/c1-2-14-10-5-6-15-12(8-10)13(18)16-7-3-4-11(16)9-17/h5-6,8,11,17H,2-4,7,9H2,1H3,(H,14,15). The molecule has 2 heterocycles. The first-order valence-corrected chi connectivity index (χ1v) is 6.38. The van der Waals surface area contributed by atoms with Crippen LogP contribution in [0.3, 0.4) is 0 Å². The van der Waals surface area contributed by atoms with Crippen LogP contribution in [0.1, 0.15) is 30.3 Å². The number of nitrogens with one attached hydrogen (secondary N) is 1. The summed E-state index contributed by atoms with van der Waals surface area (Å²) in [6.45, 7) is 3.54. The second kappa shape index (κ2) is 5.82. The van der Waals surface area contributed by atoms with Gasteiger partial charge in [-0.3, -0.25) is 9.78 Å². The molecule has 1 atom stereocenters. The summed E-state index contributed by atoms with van der Waals surface area (Å²) in [7, 11) is 0. The molecule has 1 amide bonds. The zero-order valence-electron chi connectivity index (χ0n) is 10.6. The molecule has 0 aliphatic carbocycles. The lowest BCUT2D eigenvalue weighted by Gasteiger charge is -2.22. The average molecular weight is 249 g/mol. The SMILES string of the molecule is CCNc1ccnc(C(=O)N2CCCC2CO)c1. The van der Waals surface area contributed by atoms with Gasteiger partial charge in [0, 0.05) is 25.0 Å². The molecule has 0 radical (unpaired) electrons. The van der Waals surface area contributed by atoms with Crippen molar-refractivity contribution in [2.75, 3.05) is 25.0 Å². The van der Waals surface area contributed by atoms with Crippen molar-refractivity contribution in [3.63, 3.8) is 0 Å². The Labute approximate surface area is 107 Å². The Bertz CT molecular complexity index is 422. The molecule has 1 saturated heterocycles. The Hall–Kier alpha value is -1.62. The summed E-state index contributed by atoms with van der Waals surface area (Å²) in [5, 5.41) is 12.4. The van der Waals surface area contributed by atoms with Gasteiger partial charge in [0.05, 0.1) is 12.6 Å². The van der Waals surface area contributed by atoms with Crippen LogP contribution in [0.25, 0.3) is 0 Å². The molecule has 0 saturated carbocycles. The Morgan fingerprint density at radius 3 is 3.22 bits per heavy atom. The van der Waals surface area contributed by atoms with E-state index in [1.54, 1.807) is 17.2 Å². The van der Waals surface area contributed by atoms with E-state index < -0.39 is 0 Å². The molecule has 1 aliphatic heterocycles. The van der Waals surface area contributed by atoms with Crippen molar-refractivity contribution in [2.24, 2.45) is 0 Å². The molecule has 1 fully saturated rings. The number of anilines is 1. The molecular formula is C13H19N3O2. The second-order valence-corrected chi connectivity index (χ2v) is 4.44. The third-order valence-electron chi connectivity index (χ3n) is 3.21. The van der Waals surface area contributed by atoms with E-state index in [1.165, 1.54) is 0 Å². The predicted molar refractivity (Wildman–Crippen MR) is 69.5 cm³/mol. The quantitative estimate of drug-likeness (QED) is 0.839. The van der Waals surface area contributed by atoms with E-state index in [2.05, 4.69) is 10.3 Å². The van der Waals surface area contributed by atoms with Gasteiger partial charge in [-0.15, -0.1) is 0 Å². The van der Waals surface area contributed by atoms with Gasteiger partial charge in [0.25, 0.3) is 5.91 Å². The van der Waals surface area contributed by atoms with E-state index in [9.17, 15) is 9.90 Å². The largest absolute Gasteiger partial charge is 0.394 e. The van der Waals surface area contributed by atoms with E-state index in [1.807, 2.05) is 13.0 Å². The second-order valence-electron chi connectivity index (χ2n) is 4.44. The summed E-state index contributed by atoms with van der Waals surface area (Å²) in [4.78, 5) is 18.1. The van der Waals surface area contributed by atoms with Crippen LogP contribution in [0.5, 0.6) is 0 Å². The number of hydrogen-bond acceptors (Lipinski definition) is 4. The minimum atomic E-state index is -0.0914. The molecule has 0 aromatic carbocycles. The molecule has 1 unspecified atom stereocenters. The molecule has 0 bridgehead atoms. The third kappa shape index (κ3) is 2.61. The lowest BCUT2D eigenvalue weighted by molar-refractivity contribution is 0.0672. The number of hydrogen-bond donors (Lipinski definition) is 2. The van der Waals surface area contributed by atoms with Crippen LogP contribution >= 0.6 is 0 Å². The maximum absolute atomic E-state index is 12.3. The number of carbonyl (C=O) groups is 1. The number of nitrogens with zero attached hydrogens (tertiary/aromatic N) is 2. The van der Waals surface area contributed by atoms with Crippen LogP contribution in [0.15, 0.2) is 18.3 Å². The first-order chi connectivity index (χ1) is 8.76. The highest BCUT2D eigenvalue weighted by molar-refractivity contribution is 5.93. The van der Waals surface area contributed by atoms with E-state index in [4.69, 9.17) is 0 Å². The number of amides is 1. The number of aliphatic hydroxyl groups is 1. The Balaban J connectivity index is 2.15. The van der Waals surface area contributed by atoms with Crippen molar-refractivity contribution in [1.82, 2.24) is 9.88 Å². The van der Waals surface area contributed by atoms with Gasteiger partial charge >= 0.3 is 0 Å². The van der Waals surface area contributed by atoms with E-state index in [0.29, 0.717) is 12.2 Å². The van der Waals surface area contributed by atoms with Gasteiger partial charge < -0.3 is 15.3 Å².